The van der Waals surface area contributed by atoms with E-state index in [1.54, 1.807) is 0 Å². The lowest BCUT2D eigenvalue weighted by Gasteiger charge is -2.14. The number of amides is 2. The van der Waals surface area contributed by atoms with E-state index in [2.05, 4.69) is 10.6 Å². The van der Waals surface area contributed by atoms with Crippen LogP contribution in [0.25, 0.3) is 0 Å². The van der Waals surface area contributed by atoms with E-state index >= 15 is 0 Å². The molecule has 82 valence electrons. The van der Waals surface area contributed by atoms with Gasteiger partial charge in [-0.2, -0.15) is 0 Å². The highest BCUT2D eigenvalue weighted by atomic mass is 35.5. The summed E-state index contributed by atoms with van der Waals surface area (Å²) >= 11 is 5.77. The number of hydrogen-bond acceptors (Lipinski definition) is 1. The molecule has 2 amide bonds. The summed E-state index contributed by atoms with van der Waals surface area (Å²) in [6, 6.07) is 7.26. The summed E-state index contributed by atoms with van der Waals surface area (Å²) in [4.78, 5) is 11.2. The Morgan fingerprint density at radius 2 is 2.00 bits per heavy atom. The van der Waals surface area contributed by atoms with Gasteiger partial charge in [0.15, 0.2) is 0 Å². The fourth-order valence-electron chi connectivity index (χ4n) is 1.24. The fourth-order valence-corrected chi connectivity index (χ4v) is 1.37. The zero-order chi connectivity index (χ0) is 11.3. The molecular weight excluding hydrogens is 212 g/mol. The van der Waals surface area contributed by atoms with Gasteiger partial charge in [-0.15, -0.1) is 0 Å². The van der Waals surface area contributed by atoms with Crippen LogP contribution < -0.4 is 10.6 Å². The molecule has 1 aromatic carbocycles. The van der Waals surface area contributed by atoms with Crippen LogP contribution in [0, 0.1) is 0 Å². The molecule has 0 saturated carbocycles. The van der Waals surface area contributed by atoms with Gasteiger partial charge < -0.3 is 10.6 Å². The topological polar surface area (TPSA) is 41.1 Å². The summed E-state index contributed by atoms with van der Waals surface area (Å²) in [5, 5.41) is 6.20. The minimum absolute atomic E-state index is 0.0196. The van der Waals surface area contributed by atoms with E-state index in [-0.39, 0.29) is 12.1 Å². The van der Waals surface area contributed by atoms with Gasteiger partial charge in [0, 0.05) is 11.6 Å². The highest BCUT2D eigenvalue weighted by Gasteiger charge is 2.07. The molecule has 0 heterocycles. The van der Waals surface area contributed by atoms with Crippen LogP contribution in [-0.2, 0) is 0 Å². The second kappa shape index (κ2) is 5.61. The molecule has 0 saturated heterocycles. The van der Waals surface area contributed by atoms with Crippen molar-refractivity contribution in [3.8, 4) is 0 Å². The second-order valence-electron chi connectivity index (χ2n) is 3.28. The Balaban J connectivity index is 2.57. The van der Waals surface area contributed by atoms with Crippen molar-refractivity contribution >= 4 is 17.6 Å². The Kier molecular flexibility index (Phi) is 4.43. The lowest BCUT2D eigenvalue weighted by Crippen LogP contribution is -2.36. The van der Waals surface area contributed by atoms with Gasteiger partial charge in [-0.3, -0.25) is 0 Å². The van der Waals surface area contributed by atoms with E-state index in [1.807, 2.05) is 38.1 Å². The van der Waals surface area contributed by atoms with E-state index < -0.39 is 0 Å². The Morgan fingerprint density at radius 3 is 2.53 bits per heavy atom. The van der Waals surface area contributed by atoms with Crippen molar-refractivity contribution in [3.63, 3.8) is 0 Å². The lowest BCUT2D eigenvalue weighted by atomic mass is 10.1. The third-order valence-electron chi connectivity index (χ3n) is 2.05. The Morgan fingerprint density at radius 1 is 1.40 bits per heavy atom. The first kappa shape index (κ1) is 11.9. The van der Waals surface area contributed by atoms with Gasteiger partial charge in [0.05, 0.1) is 6.04 Å². The smallest absolute Gasteiger partial charge is 0.315 e. The largest absolute Gasteiger partial charge is 0.338 e. The van der Waals surface area contributed by atoms with Crippen LogP contribution in [0.15, 0.2) is 24.3 Å². The summed E-state index contributed by atoms with van der Waals surface area (Å²) in [5.41, 5.74) is 1.03. The van der Waals surface area contributed by atoms with Crippen molar-refractivity contribution in [3.05, 3.63) is 34.9 Å². The molecule has 0 unspecified atom stereocenters. The molecule has 2 N–H and O–H groups in total. The lowest BCUT2D eigenvalue weighted by molar-refractivity contribution is 0.238. The number of urea groups is 1. The van der Waals surface area contributed by atoms with Gasteiger partial charge in [-0.25, -0.2) is 4.79 Å². The van der Waals surface area contributed by atoms with Gasteiger partial charge in [0.25, 0.3) is 0 Å². The van der Waals surface area contributed by atoms with Crippen molar-refractivity contribution in [2.75, 3.05) is 6.54 Å². The predicted octanol–water partition coefficient (Wildman–Crippen LogP) is 2.72. The van der Waals surface area contributed by atoms with E-state index in [9.17, 15) is 4.79 Å². The van der Waals surface area contributed by atoms with Crippen molar-refractivity contribution in [2.45, 2.75) is 19.9 Å². The highest BCUT2D eigenvalue weighted by Crippen LogP contribution is 2.15. The third-order valence-corrected chi connectivity index (χ3v) is 2.31. The zero-order valence-electron chi connectivity index (χ0n) is 8.88. The van der Waals surface area contributed by atoms with Crippen LogP contribution in [0.4, 0.5) is 4.79 Å². The molecule has 0 bridgehead atoms. The van der Waals surface area contributed by atoms with Crippen molar-refractivity contribution in [2.24, 2.45) is 0 Å². The molecule has 4 heteroatoms. The summed E-state index contributed by atoms with van der Waals surface area (Å²) in [7, 11) is 0. The summed E-state index contributed by atoms with van der Waals surface area (Å²) in [6.07, 6.45) is 0. The van der Waals surface area contributed by atoms with Gasteiger partial charge >= 0.3 is 6.03 Å². The summed E-state index contributed by atoms with van der Waals surface area (Å²) < 4.78 is 0. The number of carbonyl (C=O) groups excluding carboxylic acids is 1. The molecule has 15 heavy (non-hydrogen) atoms. The molecule has 3 nitrogen and oxygen atoms in total. The predicted molar refractivity (Wildman–Crippen MR) is 62.1 cm³/mol. The first-order valence-electron chi connectivity index (χ1n) is 4.93. The first-order valence-corrected chi connectivity index (χ1v) is 5.31. The number of hydrogen-bond donors (Lipinski definition) is 2. The molecule has 0 aliphatic rings. The first-order chi connectivity index (χ1) is 7.13. The minimum atomic E-state index is -0.153. The molecule has 0 aliphatic carbocycles. The van der Waals surface area contributed by atoms with Gasteiger partial charge in [0.1, 0.15) is 0 Å². The van der Waals surface area contributed by atoms with Crippen molar-refractivity contribution in [1.82, 2.24) is 10.6 Å². The normalized spacial score (nSPS) is 11.9. The standard InChI is InChI=1S/C11H15ClN2O/c1-3-13-11(15)14-8(2)9-4-6-10(12)7-5-9/h4-8H,3H2,1-2H3,(H2,13,14,15)/t8-/m0/s1. The van der Waals surface area contributed by atoms with E-state index in [0.717, 1.165) is 5.56 Å². The zero-order valence-corrected chi connectivity index (χ0v) is 9.64. The van der Waals surface area contributed by atoms with Crippen LogP contribution in [0.3, 0.4) is 0 Å². The average Bonchev–Trinajstić information content (AvgIpc) is 2.18. The maximum Gasteiger partial charge on any atom is 0.315 e. The van der Waals surface area contributed by atoms with Gasteiger partial charge in [0.2, 0.25) is 0 Å². The molecule has 0 aromatic heterocycles. The van der Waals surface area contributed by atoms with E-state index in [1.165, 1.54) is 0 Å². The molecule has 1 rings (SSSR count). The van der Waals surface area contributed by atoms with Crippen molar-refractivity contribution in [1.29, 1.82) is 0 Å². The Labute approximate surface area is 94.8 Å². The van der Waals surface area contributed by atoms with Crippen LogP contribution in [0.5, 0.6) is 0 Å². The highest BCUT2D eigenvalue weighted by molar-refractivity contribution is 6.30. The third kappa shape index (κ3) is 3.80. The summed E-state index contributed by atoms with van der Waals surface area (Å²) in [6.45, 7) is 4.43. The van der Waals surface area contributed by atoms with Crippen LogP contribution in [0.2, 0.25) is 5.02 Å². The number of carbonyl (C=O) groups is 1. The van der Waals surface area contributed by atoms with Gasteiger partial charge in [-0.1, -0.05) is 23.7 Å². The monoisotopic (exact) mass is 226 g/mol. The molecule has 0 fully saturated rings. The number of benzene rings is 1. The quantitative estimate of drug-likeness (QED) is 0.818. The van der Waals surface area contributed by atoms with E-state index in [0.29, 0.717) is 11.6 Å². The summed E-state index contributed by atoms with van der Waals surface area (Å²) in [5.74, 6) is 0. The number of halogens is 1. The molecule has 0 spiro atoms. The maximum atomic E-state index is 11.2. The Bertz CT molecular complexity index is 324. The second-order valence-corrected chi connectivity index (χ2v) is 3.71. The SMILES string of the molecule is CCNC(=O)N[C@@H](C)c1ccc(Cl)cc1. The molecule has 1 atom stereocenters. The number of nitrogens with one attached hydrogen (secondary N) is 2. The van der Waals surface area contributed by atoms with Crippen LogP contribution in [0.1, 0.15) is 25.5 Å². The maximum absolute atomic E-state index is 11.2. The molecule has 1 aromatic rings. The minimum Gasteiger partial charge on any atom is -0.338 e. The van der Waals surface area contributed by atoms with Gasteiger partial charge in [-0.05, 0) is 31.5 Å². The fraction of sp³-hybridized carbons (Fsp3) is 0.364. The average molecular weight is 227 g/mol. The van der Waals surface area contributed by atoms with Crippen molar-refractivity contribution < 1.29 is 4.79 Å². The number of rotatable bonds is 3. The molecule has 0 radical (unpaired) electrons. The van der Waals surface area contributed by atoms with E-state index in [4.69, 9.17) is 11.6 Å². The Hall–Kier alpha value is -1.22. The molecule has 0 aliphatic heterocycles. The van der Waals surface area contributed by atoms with Crippen LogP contribution >= 0.6 is 11.6 Å². The van der Waals surface area contributed by atoms with Crippen LogP contribution in [-0.4, -0.2) is 12.6 Å². The molecular formula is C11H15ClN2O.